The summed E-state index contributed by atoms with van der Waals surface area (Å²) < 4.78 is 0. The number of nitrogens with one attached hydrogen (secondary N) is 1. The van der Waals surface area contributed by atoms with Gasteiger partial charge in [-0.1, -0.05) is 84.4 Å². The molecule has 1 heterocycles. The van der Waals surface area contributed by atoms with Gasteiger partial charge in [0.15, 0.2) is 0 Å². The van der Waals surface area contributed by atoms with Gasteiger partial charge in [0, 0.05) is 21.7 Å². The number of fused-ring (bicyclic) bond motifs is 1. The molecule has 33 heavy (non-hydrogen) atoms. The number of anilines is 1. The molecule has 5 nitrogen and oxygen atoms in total. The minimum absolute atomic E-state index is 0.153. The van der Waals surface area contributed by atoms with Crippen LogP contribution in [0.1, 0.15) is 5.56 Å². The molecule has 0 atom stereocenters. The molecule has 0 unspecified atom stereocenters. The summed E-state index contributed by atoms with van der Waals surface area (Å²) in [6, 6.07) is 30.7. The summed E-state index contributed by atoms with van der Waals surface area (Å²) in [5, 5.41) is 17.3. The van der Waals surface area contributed by atoms with Crippen molar-refractivity contribution in [2.75, 3.05) is 5.43 Å². The van der Waals surface area contributed by atoms with E-state index in [-0.39, 0.29) is 5.75 Å². The minimum Gasteiger partial charge on any atom is -0.507 e. The zero-order chi connectivity index (χ0) is 22.6. The van der Waals surface area contributed by atoms with E-state index in [9.17, 15) is 5.11 Å². The highest BCUT2D eigenvalue weighted by molar-refractivity contribution is 6.30. The number of aromatic nitrogens is 2. The van der Waals surface area contributed by atoms with Crippen LogP contribution in [0.5, 0.6) is 5.75 Å². The molecule has 1 aromatic heterocycles. The number of phenolic OH excluding ortho intramolecular Hbond substituents is 1. The Morgan fingerprint density at radius 1 is 0.758 bits per heavy atom. The standard InChI is InChI=1S/C27H19ClN4O/c28-21-13-10-20(11-14-21)25-16-24(19-7-2-1-3-8-19)30-27(31-25)32-29-17-23-22-9-5-4-6-18(22)12-15-26(23)33/h1-17,33H,(H,30,31,32). The first-order chi connectivity index (χ1) is 16.2. The molecule has 0 amide bonds. The lowest BCUT2D eigenvalue weighted by atomic mass is 10.0. The van der Waals surface area contributed by atoms with Crippen molar-refractivity contribution in [2.45, 2.75) is 0 Å². The molecule has 0 aliphatic carbocycles. The summed E-state index contributed by atoms with van der Waals surface area (Å²) in [7, 11) is 0. The SMILES string of the molecule is Oc1ccc2ccccc2c1C=NNc1nc(-c2ccccc2)cc(-c2ccc(Cl)cc2)n1. The lowest BCUT2D eigenvalue weighted by Gasteiger charge is -2.09. The highest BCUT2D eigenvalue weighted by Gasteiger charge is 2.09. The van der Waals surface area contributed by atoms with Gasteiger partial charge in [-0.25, -0.2) is 15.4 Å². The molecule has 5 rings (SSSR count). The van der Waals surface area contributed by atoms with Gasteiger partial charge < -0.3 is 5.11 Å². The van der Waals surface area contributed by atoms with Crippen molar-refractivity contribution in [2.24, 2.45) is 5.10 Å². The third-order valence-electron chi connectivity index (χ3n) is 5.24. The van der Waals surface area contributed by atoms with Crippen LogP contribution >= 0.6 is 11.6 Å². The fourth-order valence-electron chi connectivity index (χ4n) is 3.60. The van der Waals surface area contributed by atoms with E-state index < -0.39 is 0 Å². The Morgan fingerprint density at radius 3 is 2.18 bits per heavy atom. The molecular weight excluding hydrogens is 432 g/mol. The zero-order valence-corrected chi connectivity index (χ0v) is 18.2. The summed E-state index contributed by atoms with van der Waals surface area (Å²) in [5.41, 5.74) is 6.94. The molecule has 0 bridgehead atoms. The van der Waals surface area contributed by atoms with Gasteiger partial charge in [-0.3, -0.25) is 0 Å². The largest absolute Gasteiger partial charge is 0.507 e. The normalized spacial score (nSPS) is 11.2. The van der Waals surface area contributed by atoms with Crippen LogP contribution in [0.3, 0.4) is 0 Å². The van der Waals surface area contributed by atoms with E-state index in [1.807, 2.05) is 91.0 Å². The van der Waals surface area contributed by atoms with E-state index in [2.05, 4.69) is 20.5 Å². The second kappa shape index (κ2) is 9.10. The number of phenols is 1. The molecule has 0 radical (unpaired) electrons. The number of hydrogen-bond acceptors (Lipinski definition) is 5. The van der Waals surface area contributed by atoms with Gasteiger partial charge in [0.25, 0.3) is 0 Å². The molecule has 0 saturated carbocycles. The van der Waals surface area contributed by atoms with Crippen molar-refractivity contribution in [1.29, 1.82) is 0 Å². The van der Waals surface area contributed by atoms with Gasteiger partial charge in [-0.2, -0.15) is 5.10 Å². The molecule has 0 saturated heterocycles. The summed E-state index contributed by atoms with van der Waals surface area (Å²) in [5.74, 6) is 0.498. The van der Waals surface area contributed by atoms with Crippen molar-refractivity contribution < 1.29 is 5.11 Å². The van der Waals surface area contributed by atoms with Crippen molar-refractivity contribution in [3.8, 4) is 28.3 Å². The summed E-state index contributed by atoms with van der Waals surface area (Å²) in [6.07, 6.45) is 1.58. The highest BCUT2D eigenvalue weighted by atomic mass is 35.5. The van der Waals surface area contributed by atoms with Gasteiger partial charge in [-0.05, 0) is 35.0 Å². The monoisotopic (exact) mass is 450 g/mol. The maximum Gasteiger partial charge on any atom is 0.244 e. The minimum atomic E-state index is 0.153. The van der Waals surface area contributed by atoms with Crippen molar-refractivity contribution in [3.63, 3.8) is 0 Å². The number of aromatic hydroxyl groups is 1. The van der Waals surface area contributed by atoms with Gasteiger partial charge >= 0.3 is 0 Å². The van der Waals surface area contributed by atoms with Crippen LogP contribution in [-0.4, -0.2) is 21.3 Å². The van der Waals surface area contributed by atoms with Crippen LogP contribution in [0.15, 0.2) is 102 Å². The molecule has 6 heteroatoms. The number of halogens is 1. The average Bonchev–Trinajstić information content (AvgIpc) is 2.86. The Morgan fingerprint density at radius 2 is 1.42 bits per heavy atom. The Bertz CT molecular complexity index is 1450. The number of rotatable bonds is 5. The van der Waals surface area contributed by atoms with E-state index in [0.717, 1.165) is 33.3 Å². The fourth-order valence-corrected chi connectivity index (χ4v) is 3.72. The van der Waals surface area contributed by atoms with Crippen molar-refractivity contribution in [3.05, 3.63) is 108 Å². The molecule has 0 aliphatic rings. The van der Waals surface area contributed by atoms with E-state index in [1.54, 1.807) is 12.3 Å². The highest BCUT2D eigenvalue weighted by Crippen LogP contribution is 2.27. The van der Waals surface area contributed by atoms with Crippen molar-refractivity contribution >= 4 is 34.5 Å². The lowest BCUT2D eigenvalue weighted by Crippen LogP contribution is -2.00. The Kier molecular flexibility index (Phi) is 5.70. The van der Waals surface area contributed by atoms with Gasteiger partial charge in [0.2, 0.25) is 5.95 Å². The van der Waals surface area contributed by atoms with Gasteiger partial charge in [-0.15, -0.1) is 0 Å². The molecule has 0 aliphatic heterocycles. The smallest absolute Gasteiger partial charge is 0.244 e. The average molecular weight is 451 g/mol. The maximum atomic E-state index is 10.4. The third-order valence-corrected chi connectivity index (χ3v) is 5.49. The second-order valence-corrected chi connectivity index (χ2v) is 7.86. The molecular formula is C27H19ClN4O. The van der Waals surface area contributed by atoms with E-state index in [1.165, 1.54) is 0 Å². The number of benzene rings is 4. The fraction of sp³-hybridized carbons (Fsp3) is 0. The Hall–Kier alpha value is -4.22. The molecule has 5 aromatic rings. The Balaban J connectivity index is 1.52. The van der Waals surface area contributed by atoms with Crippen LogP contribution in [0.25, 0.3) is 33.3 Å². The predicted molar refractivity (Wildman–Crippen MR) is 135 cm³/mol. The van der Waals surface area contributed by atoms with Gasteiger partial charge in [0.1, 0.15) is 5.75 Å². The first-order valence-electron chi connectivity index (χ1n) is 10.4. The predicted octanol–water partition coefficient (Wildman–Crippen LogP) is 6.77. The first-order valence-corrected chi connectivity index (χ1v) is 10.8. The van der Waals surface area contributed by atoms with Crippen molar-refractivity contribution in [1.82, 2.24) is 9.97 Å². The molecule has 4 aromatic carbocycles. The van der Waals surface area contributed by atoms with Crippen LogP contribution in [0, 0.1) is 0 Å². The quantitative estimate of drug-likeness (QED) is 0.229. The van der Waals surface area contributed by atoms with E-state index in [0.29, 0.717) is 16.5 Å². The first kappa shape index (κ1) is 20.7. The van der Waals surface area contributed by atoms with Crippen LogP contribution in [0.2, 0.25) is 5.02 Å². The molecule has 0 spiro atoms. The van der Waals surface area contributed by atoms with Gasteiger partial charge in [0.05, 0.1) is 17.6 Å². The second-order valence-electron chi connectivity index (χ2n) is 7.42. The van der Waals surface area contributed by atoms with Crippen LogP contribution in [-0.2, 0) is 0 Å². The van der Waals surface area contributed by atoms with E-state index in [4.69, 9.17) is 11.6 Å². The summed E-state index contributed by atoms with van der Waals surface area (Å²) in [6.45, 7) is 0. The number of nitrogens with zero attached hydrogens (tertiary/aromatic N) is 3. The molecule has 160 valence electrons. The molecule has 0 fully saturated rings. The molecule has 2 N–H and O–H groups in total. The van der Waals surface area contributed by atoms with E-state index >= 15 is 0 Å². The maximum absolute atomic E-state index is 10.4. The topological polar surface area (TPSA) is 70.4 Å². The summed E-state index contributed by atoms with van der Waals surface area (Å²) >= 11 is 6.05. The Labute approximate surface area is 196 Å². The summed E-state index contributed by atoms with van der Waals surface area (Å²) in [4.78, 5) is 9.27. The number of hydrazone groups is 1. The lowest BCUT2D eigenvalue weighted by molar-refractivity contribution is 0.475. The van der Waals surface area contributed by atoms with Crippen LogP contribution in [0.4, 0.5) is 5.95 Å². The third kappa shape index (κ3) is 4.54. The van der Waals surface area contributed by atoms with Crippen LogP contribution < -0.4 is 5.43 Å². The number of hydrogen-bond donors (Lipinski definition) is 2. The zero-order valence-electron chi connectivity index (χ0n) is 17.5.